The zero-order valence-electron chi connectivity index (χ0n) is 14.3. The van der Waals surface area contributed by atoms with Crippen LogP contribution in [0.15, 0.2) is 72.8 Å². The highest BCUT2D eigenvalue weighted by molar-refractivity contribution is 6.34. The normalized spacial score (nSPS) is 12.7. The van der Waals surface area contributed by atoms with Gasteiger partial charge in [0.05, 0.1) is 0 Å². The molecular weight excluding hydrogens is 362 g/mol. The van der Waals surface area contributed by atoms with E-state index >= 15 is 0 Å². The molecule has 0 fully saturated rings. The Morgan fingerprint density at radius 3 is 2.48 bits per heavy atom. The first-order valence-corrected chi connectivity index (χ1v) is 8.81. The summed E-state index contributed by atoms with van der Waals surface area (Å²) in [6.07, 6.45) is 1.79. The Balaban J connectivity index is 1.68. The van der Waals surface area contributed by atoms with Crippen molar-refractivity contribution in [3.8, 4) is 11.5 Å². The average molecular weight is 378 g/mol. The van der Waals surface area contributed by atoms with Gasteiger partial charge in [0.15, 0.2) is 11.5 Å². The number of nitrogens with one attached hydrogen (secondary N) is 1. The molecule has 0 aliphatic carbocycles. The molecule has 4 nitrogen and oxygen atoms in total. The van der Waals surface area contributed by atoms with Gasteiger partial charge in [0.1, 0.15) is 0 Å². The minimum atomic E-state index is -0.236. The van der Waals surface area contributed by atoms with Crippen molar-refractivity contribution in [2.24, 2.45) is 0 Å². The Labute approximate surface area is 162 Å². The van der Waals surface area contributed by atoms with Crippen LogP contribution < -0.4 is 14.8 Å². The van der Waals surface area contributed by atoms with Crippen LogP contribution in [0, 0.1) is 0 Å². The van der Waals surface area contributed by atoms with Gasteiger partial charge in [-0.1, -0.05) is 60.1 Å². The first kappa shape index (κ1) is 17.2. The summed E-state index contributed by atoms with van der Waals surface area (Å²) in [5.74, 6) is 1.05. The lowest BCUT2D eigenvalue weighted by Gasteiger charge is -2.11. The predicted octanol–water partition coefficient (Wildman–Crippen LogP) is 5.25. The van der Waals surface area contributed by atoms with E-state index in [1.807, 2.05) is 48.5 Å². The highest BCUT2D eigenvalue weighted by Gasteiger charge is 2.17. The molecule has 134 valence electrons. The lowest BCUT2D eigenvalue weighted by atomic mass is 10.0. The molecule has 0 spiro atoms. The van der Waals surface area contributed by atoms with Gasteiger partial charge >= 0.3 is 0 Å². The van der Waals surface area contributed by atoms with Gasteiger partial charge in [-0.05, 0) is 35.4 Å². The summed E-state index contributed by atoms with van der Waals surface area (Å²) in [7, 11) is 0. The van der Waals surface area contributed by atoms with E-state index in [9.17, 15) is 4.79 Å². The van der Waals surface area contributed by atoms with E-state index < -0.39 is 0 Å². The maximum Gasteiger partial charge on any atom is 0.256 e. The molecule has 1 heterocycles. The fourth-order valence-electron chi connectivity index (χ4n) is 2.82. The van der Waals surface area contributed by atoms with Gasteiger partial charge in [-0.15, -0.1) is 0 Å². The van der Waals surface area contributed by atoms with E-state index in [2.05, 4.69) is 5.32 Å². The second kappa shape index (κ2) is 7.56. The van der Waals surface area contributed by atoms with Crippen LogP contribution >= 0.6 is 11.6 Å². The maximum atomic E-state index is 13.0. The number of anilines is 1. The van der Waals surface area contributed by atoms with Crippen molar-refractivity contribution < 1.29 is 14.3 Å². The number of carbonyl (C=O) groups excluding carboxylic acids is 1. The van der Waals surface area contributed by atoms with Crippen LogP contribution in [-0.4, -0.2) is 12.7 Å². The fourth-order valence-corrected chi connectivity index (χ4v) is 3.01. The molecular formula is C22H16ClNO3. The molecule has 5 heteroatoms. The third-order valence-corrected chi connectivity index (χ3v) is 4.51. The molecule has 3 aromatic rings. The number of rotatable bonds is 4. The van der Waals surface area contributed by atoms with Crippen LogP contribution in [0.25, 0.3) is 11.6 Å². The Morgan fingerprint density at radius 1 is 0.926 bits per heavy atom. The first-order chi connectivity index (χ1) is 13.2. The van der Waals surface area contributed by atoms with Gasteiger partial charge in [-0.2, -0.15) is 0 Å². The van der Waals surface area contributed by atoms with Crippen molar-refractivity contribution in [1.82, 2.24) is 0 Å². The number of carbonyl (C=O) groups is 1. The van der Waals surface area contributed by atoms with Crippen molar-refractivity contribution in [3.05, 3.63) is 88.9 Å². The lowest BCUT2D eigenvalue weighted by molar-refractivity contribution is -0.111. The van der Waals surface area contributed by atoms with Crippen molar-refractivity contribution in [1.29, 1.82) is 0 Å². The minimum absolute atomic E-state index is 0.189. The fraction of sp³-hybridized carbons (Fsp3) is 0.0455. The van der Waals surface area contributed by atoms with Gasteiger partial charge in [0, 0.05) is 22.3 Å². The Bertz CT molecular complexity index is 1020. The lowest BCUT2D eigenvalue weighted by Crippen LogP contribution is -2.13. The second-order valence-corrected chi connectivity index (χ2v) is 6.37. The topological polar surface area (TPSA) is 47.6 Å². The summed E-state index contributed by atoms with van der Waals surface area (Å²) in [4.78, 5) is 13.0. The van der Waals surface area contributed by atoms with E-state index in [1.54, 1.807) is 30.3 Å². The largest absolute Gasteiger partial charge is 0.454 e. The Morgan fingerprint density at radius 2 is 1.67 bits per heavy atom. The van der Waals surface area contributed by atoms with Crippen LogP contribution in [0.5, 0.6) is 11.5 Å². The number of fused-ring (bicyclic) bond motifs is 1. The SMILES string of the molecule is O=C(Nc1ccc2c(c1)OCO2)C(=Cc1ccccc1Cl)c1ccccc1. The van der Waals surface area contributed by atoms with E-state index in [4.69, 9.17) is 21.1 Å². The van der Waals surface area contributed by atoms with Crippen molar-refractivity contribution >= 4 is 34.8 Å². The molecule has 3 aromatic carbocycles. The summed E-state index contributed by atoms with van der Waals surface area (Å²) in [6, 6.07) is 22.2. The molecule has 0 radical (unpaired) electrons. The predicted molar refractivity (Wildman–Crippen MR) is 107 cm³/mol. The van der Waals surface area contributed by atoms with Crippen molar-refractivity contribution in [2.75, 3.05) is 12.1 Å². The van der Waals surface area contributed by atoms with Gasteiger partial charge < -0.3 is 14.8 Å². The third kappa shape index (κ3) is 3.81. The third-order valence-electron chi connectivity index (χ3n) is 4.16. The summed E-state index contributed by atoms with van der Waals surface area (Å²) < 4.78 is 10.7. The van der Waals surface area contributed by atoms with E-state index in [0.717, 1.165) is 11.1 Å². The standard InChI is InChI=1S/C22H16ClNO3/c23-19-9-5-4-8-16(19)12-18(15-6-2-1-3-7-15)22(25)24-17-10-11-20-21(13-17)27-14-26-20/h1-13H,14H2,(H,24,25). The van der Waals surface area contributed by atoms with E-state index in [-0.39, 0.29) is 12.7 Å². The van der Waals surface area contributed by atoms with Crippen LogP contribution in [0.3, 0.4) is 0 Å². The zero-order chi connectivity index (χ0) is 18.6. The summed E-state index contributed by atoms with van der Waals surface area (Å²) >= 11 is 6.28. The molecule has 1 aliphatic rings. The summed E-state index contributed by atoms with van der Waals surface area (Å²) in [5, 5.41) is 3.51. The number of ether oxygens (including phenoxy) is 2. The van der Waals surface area contributed by atoms with Crippen LogP contribution in [0.2, 0.25) is 5.02 Å². The molecule has 0 saturated carbocycles. The Kier molecular flexibility index (Phi) is 4.81. The number of hydrogen-bond acceptors (Lipinski definition) is 3. The van der Waals surface area contributed by atoms with Gasteiger partial charge in [0.25, 0.3) is 5.91 Å². The molecule has 1 aliphatic heterocycles. The highest BCUT2D eigenvalue weighted by atomic mass is 35.5. The first-order valence-electron chi connectivity index (χ1n) is 8.43. The Hall–Kier alpha value is -3.24. The second-order valence-electron chi connectivity index (χ2n) is 5.97. The average Bonchev–Trinajstić information content (AvgIpc) is 3.16. The van der Waals surface area contributed by atoms with Gasteiger partial charge in [-0.3, -0.25) is 4.79 Å². The molecule has 4 rings (SSSR count). The number of hydrogen-bond donors (Lipinski definition) is 1. The van der Waals surface area contributed by atoms with Crippen LogP contribution in [0.4, 0.5) is 5.69 Å². The molecule has 0 unspecified atom stereocenters. The highest BCUT2D eigenvalue weighted by Crippen LogP contribution is 2.34. The molecule has 27 heavy (non-hydrogen) atoms. The number of amides is 1. The molecule has 0 aromatic heterocycles. The molecule has 0 bridgehead atoms. The van der Waals surface area contributed by atoms with Gasteiger partial charge in [0.2, 0.25) is 6.79 Å². The quantitative estimate of drug-likeness (QED) is 0.499. The van der Waals surface area contributed by atoms with E-state index in [0.29, 0.717) is 27.8 Å². The summed E-state index contributed by atoms with van der Waals surface area (Å²) in [5.41, 5.74) is 2.72. The molecule has 1 N–H and O–H groups in total. The minimum Gasteiger partial charge on any atom is -0.454 e. The molecule has 0 atom stereocenters. The molecule has 1 amide bonds. The number of halogens is 1. The smallest absolute Gasteiger partial charge is 0.256 e. The van der Waals surface area contributed by atoms with E-state index in [1.165, 1.54) is 0 Å². The monoisotopic (exact) mass is 377 g/mol. The van der Waals surface area contributed by atoms with Crippen LogP contribution in [0.1, 0.15) is 11.1 Å². The zero-order valence-corrected chi connectivity index (χ0v) is 15.1. The van der Waals surface area contributed by atoms with Crippen molar-refractivity contribution in [3.63, 3.8) is 0 Å². The molecule has 0 saturated heterocycles. The summed E-state index contributed by atoms with van der Waals surface area (Å²) in [6.45, 7) is 0.189. The van der Waals surface area contributed by atoms with Crippen molar-refractivity contribution in [2.45, 2.75) is 0 Å². The van der Waals surface area contributed by atoms with Gasteiger partial charge in [-0.25, -0.2) is 0 Å². The maximum absolute atomic E-state index is 13.0. The number of benzene rings is 3. The van der Waals surface area contributed by atoms with Crippen LogP contribution in [-0.2, 0) is 4.79 Å².